The van der Waals surface area contributed by atoms with Crippen molar-refractivity contribution in [3.8, 4) is 23.1 Å². The van der Waals surface area contributed by atoms with Gasteiger partial charge >= 0.3 is 12.3 Å². The largest absolute Gasteiger partial charge is 0.573 e. The first-order valence-corrected chi connectivity index (χ1v) is 13.0. The number of carboxylic acids is 1. The summed E-state index contributed by atoms with van der Waals surface area (Å²) in [4.78, 5) is 18.1. The van der Waals surface area contributed by atoms with Gasteiger partial charge in [-0.05, 0) is 54.3 Å². The van der Waals surface area contributed by atoms with Crippen molar-refractivity contribution in [1.29, 1.82) is 0 Å². The molecule has 0 saturated heterocycles. The van der Waals surface area contributed by atoms with E-state index in [9.17, 15) is 23.1 Å². The van der Waals surface area contributed by atoms with Gasteiger partial charge in [-0.3, -0.25) is 0 Å². The number of carbonyl (C=O) groups is 1. The quantitative estimate of drug-likeness (QED) is 0.213. The highest BCUT2D eigenvalue weighted by molar-refractivity contribution is 5.91. The van der Waals surface area contributed by atoms with Crippen LogP contribution in [0.4, 0.5) is 18.9 Å². The molecule has 2 aromatic heterocycles. The maximum absolute atomic E-state index is 13.1. The second-order valence-electron chi connectivity index (χ2n) is 9.87. The number of alkyl halides is 3. The van der Waals surface area contributed by atoms with Gasteiger partial charge in [-0.1, -0.05) is 32.0 Å². The van der Waals surface area contributed by atoms with E-state index in [4.69, 9.17) is 9.47 Å². The third kappa shape index (κ3) is 6.93. The van der Waals surface area contributed by atoms with Crippen molar-refractivity contribution in [2.24, 2.45) is 0 Å². The zero-order chi connectivity index (χ0) is 30.6. The minimum absolute atomic E-state index is 0.000690. The summed E-state index contributed by atoms with van der Waals surface area (Å²) in [6.07, 6.45) is -3.25. The number of aromatic carboxylic acids is 1. The lowest BCUT2D eigenvalue weighted by atomic mass is 10.0. The number of hydrogen-bond donors (Lipinski definition) is 1. The van der Waals surface area contributed by atoms with E-state index in [1.807, 2.05) is 38.8 Å². The number of halogens is 3. The molecule has 2 aromatic carbocycles. The number of methoxy groups -OCH3 is 1. The summed E-state index contributed by atoms with van der Waals surface area (Å²) in [5.74, 6) is -0.818. The molecule has 9 nitrogen and oxygen atoms in total. The summed E-state index contributed by atoms with van der Waals surface area (Å²) in [5, 5.41) is 13.8. The number of aryl methyl sites for hydroxylation is 1. The summed E-state index contributed by atoms with van der Waals surface area (Å²) in [7, 11) is 3.29. The Labute approximate surface area is 241 Å². The van der Waals surface area contributed by atoms with Crippen molar-refractivity contribution < 1.29 is 37.3 Å². The van der Waals surface area contributed by atoms with E-state index < -0.39 is 12.3 Å². The molecule has 4 aromatic rings. The van der Waals surface area contributed by atoms with Crippen molar-refractivity contribution in [2.45, 2.75) is 46.2 Å². The van der Waals surface area contributed by atoms with Gasteiger partial charge < -0.3 is 24.2 Å². The van der Waals surface area contributed by atoms with Gasteiger partial charge in [0, 0.05) is 19.7 Å². The fourth-order valence-electron chi connectivity index (χ4n) is 4.60. The minimum atomic E-state index is -4.86. The summed E-state index contributed by atoms with van der Waals surface area (Å²) >= 11 is 0. The lowest BCUT2D eigenvalue weighted by molar-refractivity contribution is -0.274. The number of benzene rings is 2. The van der Waals surface area contributed by atoms with Crippen molar-refractivity contribution in [1.82, 2.24) is 14.8 Å². The molecule has 0 spiro atoms. The van der Waals surface area contributed by atoms with E-state index >= 15 is 0 Å². The average molecular weight is 585 g/mol. The van der Waals surface area contributed by atoms with Gasteiger partial charge in [0.1, 0.15) is 23.6 Å². The number of aromatic nitrogens is 3. The van der Waals surface area contributed by atoms with Crippen LogP contribution in [0.15, 0.2) is 60.8 Å². The second-order valence-corrected chi connectivity index (χ2v) is 9.87. The van der Waals surface area contributed by atoms with Crippen LogP contribution in [-0.4, -0.2) is 46.4 Å². The van der Waals surface area contributed by atoms with Gasteiger partial charge in [0.2, 0.25) is 5.88 Å². The Balaban J connectivity index is 1.54. The Kier molecular flexibility index (Phi) is 8.93. The van der Waals surface area contributed by atoms with Gasteiger partial charge in [0.05, 0.1) is 30.4 Å². The van der Waals surface area contributed by atoms with Crippen LogP contribution in [0.5, 0.6) is 17.4 Å². The third-order valence-corrected chi connectivity index (χ3v) is 6.56. The number of anilines is 1. The first kappa shape index (κ1) is 30.2. The molecule has 0 amide bonds. The average Bonchev–Trinajstić information content (AvgIpc) is 3.35. The maximum Gasteiger partial charge on any atom is 0.573 e. The van der Waals surface area contributed by atoms with Crippen LogP contribution in [0.2, 0.25) is 0 Å². The zero-order valence-corrected chi connectivity index (χ0v) is 23.8. The molecule has 0 fully saturated rings. The van der Waals surface area contributed by atoms with Crippen LogP contribution in [0.1, 0.15) is 52.6 Å². The molecule has 12 heteroatoms. The first-order chi connectivity index (χ1) is 19.9. The van der Waals surface area contributed by atoms with Crippen molar-refractivity contribution in [3.05, 3.63) is 88.9 Å². The van der Waals surface area contributed by atoms with Gasteiger partial charge in [-0.2, -0.15) is 5.10 Å². The van der Waals surface area contributed by atoms with E-state index in [2.05, 4.69) is 14.8 Å². The van der Waals surface area contributed by atoms with Crippen molar-refractivity contribution in [2.75, 3.05) is 19.1 Å². The maximum atomic E-state index is 13.1. The minimum Gasteiger partial charge on any atom is -0.496 e. The highest BCUT2D eigenvalue weighted by atomic mass is 19.4. The Bertz CT molecular complexity index is 1570. The summed E-state index contributed by atoms with van der Waals surface area (Å²) in [5.41, 5.74) is 3.84. The van der Waals surface area contributed by atoms with E-state index in [1.54, 1.807) is 36.5 Å². The van der Waals surface area contributed by atoms with Crippen molar-refractivity contribution in [3.63, 3.8) is 0 Å². The number of nitrogens with zero attached hydrogens (tertiary/aromatic N) is 4. The molecule has 0 aliphatic rings. The Hall–Kier alpha value is -4.74. The van der Waals surface area contributed by atoms with Crippen LogP contribution in [0, 0.1) is 6.92 Å². The predicted molar refractivity (Wildman–Crippen MR) is 150 cm³/mol. The SMILES string of the molecule is COc1ccc(CN(C)c2ccc(OCc3c(C(C)C)cnn3-c3ccccc3OC(F)(F)F)nc2C)cc1C(=O)O. The molecule has 0 aliphatic carbocycles. The number of ether oxygens (including phenoxy) is 3. The second kappa shape index (κ2) is 12.4. The van der Waals surface area contributed by atoms with E-state index in [0.29, 0.717) is 23.8 Å². The lowest BCUT2D eigenvalue weighted by Crippen LogP contribution is -2.19. The fraction of sp³-hybridized carbons (Fsp3) is 0.300. The van der Waals surface area contributed by atoms with Crippen LogP contribution in [0.3, 0.4) is 0 Å². The van der Waals surface area contributed by atoms with Crippen molar-refractivity contribution >= 4 is 11.7 Å². The molecule has 0 atom stereocenters. The summed E-state index contributed by atoms with van der Waals surface area (Å²) < 4.78 is 55.9. The molecule has 0 bridgehead atoms. The molecule has 0 unspecified atom stereocenters. The Morgan fingerprint density at radius 3 is 2.48 bits per heavy atom. The van der Waals surface area contributed by atoms with E-state index in [-0.39, 0.29) is 35.3 Å². The fourth-order valence-corrected chi connectivity index (χ4v) is 4.60. The van der Waals surface area contributed by atoms with Gasteiger partial charge in [0.15, 0.2) is 5.75 Å². The van der Waals surface area contributed by atoms with Gasteiger partial charge in [-0.25, -0.2) is 14.5 Å². The molecule has 0 saturated carbocycles. The highest BCUT2D eigenvalue weighted by Crippen LogP contribution is 2.32. The number of carboxylic acid groups (broad SMARTS) is 1. The first-order valence-electron chi connectivity index (χ1n) is 13.0. The summed E-state index contributed by atoms with van der Waals surface area (Å²) in [6, 6.07) is 14.3. The number of rotatable bonds is 11. The predicted octanol–water partition coefficient (Wildman–Crippen LogP) is 6.52. The van der Waals surface area contributed by atoms with Crippen LogP contribution in [-0.2, 0) is 13.2 Å². The highest BCUT2D eigenvalue weighted by Gasteiger charge is 2.33. The van der Waals surface area contributed by atoms with Crippen LogP contribution >= 0.6 is 0 Å². The smallest absolute Gasteiger partial charge is 0.496 e. The Morgan fingerprint density at radius 2 is 1.83 bits per heavy atom. The molecule has 0 radical (unpaired) electrons. The van der Waals surface area contributed by atoms with Crippen LogP contribution < -0.4 is 19.1 Å². The molecule has 0 aliphatic heterocycles. The topological polar surface area (TPSA) is 98.9 Å². The van der Waals surface area contributed by atoms with Gasteiger partial charge in [-0.15, -0.1) is 13.2 Å². The third-order valence-electron chi connectivity index (χ3n) is 6.56. The molecular weight excluding hydrogens is 553 g/mol. The standard InChI is InChI=1S/C30H31F3N4O5/c1-18(2)22-15-34-37(24-8-6-7-9-27(24)42-30(31,32)33)25(22)17-41-28-13-11-23(19(3)35-28)36(4)16-20-10-12-26(40-5)21(14-20)29(38)39/h6-15,18H,16-17H2,1-5H3,(H,38,39). The molecule has 222 valence electrons. The lowest BCUT2D eigenvalue weighted by Gasteiger charge is -2.22. The van der Waals surface area contributed by atoms with E-state index in [0.717, 1.165) is 16.8 Å². The monoisotopic (exact) mass is 584 g/mol. The number of para-hydroxylation sites is 2. The van der Waals surface area contributed by atoms with Gasteiger partial charge in [0.25, 0.3) is 0 Å². The zero-order valence-electron chi connectivity index (χ0n) is 23.8. The molecular formula is C30H31F3N4O5. The normalized spacial score (nSPS) is 11.5. The van der Waals surface area contributed by atoms with Crippen LogP contribution in [0.25, 0.3) is 5.69 Å². The number of hydrogen-bond acceptors (Lipinski definition) is 7. The number of pyridine rings is 1. The summed E-state index contributed by atoms with van der Waals surface area (Å²) in [6.45, 7) is 6.16. The molecule has 4 rings (SSSR count). The molecule has 42 heavy (non-hydrogen) atoms. The Morgan fingerprint density at radius 1 is 1.10 bits per heavy atom. The van der Waals surface area contributed by atoms with E-state index in [1.165, 1.54) is 30.0 Å². The molecule has 1 N–H and O–H groups in total. The molecule has 2 heterocycles.